The Balaban J connectivity index is 2.26. The van der Waals surface area contributed by atoms with E-state index in [0.717, 1.165) is 5.56 Å². The zero-order chi connectivity index (χ0) is 19.3. The number of carbonyl (C=O) groups is 2. The molecule has 0 radical (unpaired) electrons. The molecule has 138 valence electrons. The second kappa shape index (κ2) is 8.10. The van der Waals surface area contributed by atoms with E-state index in [2.05, 4.69) is 5.32 Å². The molecule has 0 heterocycles. The third-order valence-electron chi connectivity index (χ3n) is 3.56. The standard InChI is InChI=1S/C20H23FN2O3/c1-20(2,3)23-18(24)17(14-8-10-16(21)11-9-14)26-19(25)15-6-4-13(12-22)5-7-15/h4-11,17H,12,22H2,1-3H3,(H,23,24). The van der Waals surface area contributed by atoms with E-state index in [4.69, 9.17) is 10.5 Å². The molecule has 2 aromatic carbocycles. The highest BCUT2D eigenvalue weighted by molar-refractivity contribution is 5.92. The molecule has 1 atom stereocenters. The Bertz CT molecular complexity index is 765. The van der Waals surface area contributed by atoms with Crippen molar-refractivity contribution < 1.29 is 18.7 Å². The Hall–Kier alpha value is -2.73. The molecule has 1 unspecified atom stereocenters. The predicted molar refractivity (Wildman–Crippen MR) is 96.8 cm³/mol. The molecule has 6 heteroatoms. The fourth-order valence-corrected chi connectivity index (χ4v) is 2.30. The van der Waals surface area contributed by atoms with Crippen LogP contribution >= 0.6 is 0 Å². The number of hydrogen-bond donors (Lipinski definition) is 2. The molecule has 0 aliphatic rings. The summed E-state index contributed by atoms with van der Waals surface area (Å²) in [6, 6.07) is 11.9. The molecule has 0 saturated carbocycles. The molecule has 2 aromatic rings. The van der Waals surface area contributed by atoms with Gasteiger partial charge in [0.1, 0.15) is 5.82 Å². The molecule has 1 amide bonds. The third kappa shape index (κ3) is 5.39. The minimum atomic E-state index is -1.18. The average molecular weight is 358 g/mol. The zero-order valence-corrected chi connectivity index (χ0v) is 15.1. The maximum atomic E-state index is 13.2. The van der Waals surface area contributed by atoms with Gasteiger partial charge in [-0.15, -0.1) is 0 Å². The Kier molecular flexibility index (Phi) is 6.10. The van der Waals surface area contributed by atoms with Crippen LogP contribution in [0.5, 0.6) is 0 Å². The Morgan fingerprint density at radius 2 is 1.65 bits per heavy atom. The number of nitrogens with two attached hydrogens (primary N) is 1. The summed E-state index contributed by atoms with van der Waals surface area (Å²) in [5.41, 5.74) is 6.60. The number of amides is 1. The van der Waals surface area contributed by atoms with Crippen LogP contribution in [0.2, 0.25) is 0 Å². The molecule has 0 aliphatic carbocycles. The summed E-state index contributed by atoms with van der Waals surface area (Å²) in [7, 11) is 0. The van der Waals surface area contributed by atoms with Crippen LogP contribution in [-0.4, -0.2) is 17.4 Å². The van der Waals surface area contributed by atoms with Gasteiger partial charge in [0.15, 0.2) is 0 Å². The summed E-state index contributed by atoms with van der Waals surface area (Å²) in [5, 5.41) is 2.78. The molecule has 0 spiro atoms. The van der Waals surface area contributed by atoms with Gasteiger partial charge < -0.3 is 15.8 Å². The summed E-state index contributed by atoms with van der Waals surface area (Å²) in [5.74, 6) is -1.56. The van der Waals surface area contributed by atoms with Gasteiger partial charge in [-0.2, -0.15) is 0 Å². The highest BCUT2D eigenvalue weighted by Gasteiger charge is 2.28. The first kappa shape index (κ1) is 19.6. The number of benzene rings is 2. The summed E-state index contributed by atoms with van der Waals surface area (Å²) in [6.45, 7) is 5.82. The molecular formula is C20H23FN2O3. The molecule has 26 heavy (non-hydrogen) atoms. The van der Waals surface area contributed by atoms with Crippen LogP contribution in [0.15, 0.2) is 48.5 Å². The molecular weight excluding hydrogens is 335 g/mol. The molecule has 0 saturated heterocycles. The van der Waals surface area contributed by atoms with E-state index >= 15 is 0 Å². The van der Waals surface area contributed by atoms with Crippen molar-refractivity contribution in [2.45, 2.75) is 39.0 Å². The minimum absolute atomic E-state index is 0.304. The van der Waals surface area contributed by atoms with Gasteiger partial charge in [-0.3, -0.25) is 4.79 Å². The van der Waals surface area contributed by atoms with Crippen molar-refractivity contribution in [3.63, 3.8) is 0 Å². The first-order valence-electron chi connectivity index (χ1n) is 8.27. The Morgan fingerprint density at radius 3 is 2.15 bits per heavy atom. The lowest BCUT2D eigenvalue weighted by Gasteiger charge is -2.25. The molecule has 3 N–H and O–H groups in total. The van der Waals surface area contributed by atoms with Crippen LogP contribution in [0.25, 0.3) is 0 Å². The molecule has 5 nitrogen and oxygen atoms in total. The average Bonchev–Trinajstić information content (AvgIpc) is 2.59. The normalized spacial score (nSPS) is 12.3. The number of hydrogen-bond acceptors (Lipinski definition) is 4. The minimum Gasteiger partial charge on any atom is -0.444 e. The van der Waals surface area contributed by atoms with Gasteiger partial charge in [-0.25, -0.2) is 9.18 Å². The number of halogens is 1. The van der Waals surface area contributed by atoms with Crippen molar-refractivity contribution in [3.8, 4) is 0 Å². The van der Waals surface area contributed by atoms with Gasteiger partial charge >= 0.3 is 5.97 Å². The Morgan fingerprint density at radius 1 is 1.08 bits per heavy atom. The van der Waals surface area contributed by atoms with Gasteiger partial charge in [0.05, 0.1) is 5.56 Å². The monoisotopic (exact) mass is 358 g/mol. The van der Waals surface area contributed by atoms with E-state index in [-0.39, 0.29) is 0 Å². The van der Waals surface area contributed by atoms with Gasteiger partial charge in [-0.1, -0.05) is 24.3 Å². The molecule has 0 bridgehead atoms. The smallest absolute Gasteiger partial charge is 0.339 e. The van der Waals surface area contributed by atoms with E-state index in [9.17, 15) is 14.0 Å². The van der Waals surface area contributed by atoms with E-state index in [1.807, 2.05) is 20.8 Å². The van der Waals surface area contributed by atoms with Gasteiger partial charge in [-0.05, 0) is 50.6 Å². The van der Waals surface area contributed by atoms with E-state index in [1.54, 1.807) is 24.3 Å². The SMILES string of the molecule is CC(C)(C)NC(=O)C(OC(=O)c1ccc(CN)cc1)c1ccc(F)cc1. The van der Waals surface area contributed by atoms with Crippen molar-refractivity contribution in [1.82, 2.24) is 5.32 Å². The topological polar surface area (TPSA) is 81.4 Å². The maximum Gasteiger partial charge on any atom is 0.339 e. The highest BCUT2D eigenvalue weighted by Crippen LogP contribution is 2.21. The largest absolute Gasteiger partial charge is 0.444 e. The van der Waals surface area contributed by atoms with Crippen molar-refractivity contribution >= 4 is 11.9 Å². The van der Waals surface area contributed by atoms with Crippen molar-refractivity contribution in [1.29, 1.82) is 0 Å². The number of esters is 1. The van der Waals surface area contributed by atoms with Crippen LogP contribution in [0.1, 0.15) is 48.4 Å². The lowest BCUT2D eigenvalue weighted by molar-refractivity contribution is -0.131. The second-order valence-electron chi connectivity index (χ2n) is 6.98. The van der Waals surface area contributed by atoms with Gasteiger partial charge in [0, 0.05) is 17.6 Å². The van der Waals surface area contributed by atoms with E-state index in [0.29, 0.717) is 17.7 Å². The zero-order valence-electron chi connectivity index (χ0n) is 15.1. The molecule has 0 aromatic heterocycles. The first-order valence-corrected chi connectivity index (χ1v) is 8.27. The van der Waals surface area contributed by atoms with Gasteiger partial charge in [0.25, 0.3) is 5.91 Å². The van der Waals surface area contributed by atoms with Crippen LogP contribution in [0.3, 0.4) is 0 Å². The summed E-state index contributed by atoms with van der Waals surface area (Å²) < 4.78 is 18.6. The van der Waals surface area contributed by atoms with E-state index < -0.39 is 29.3 Å². The van der Waals surface area contributed by atoms with Crippen molar-refractivity contribution in [3.05, 3.63) is 71.0 Å². The van der Waals surface area contributed by atoms with Crippen molar-refractivity contribution in [2.75, 3.05) is 0 Å². The fourth-order valence-electron chi connectivity index (χ4n) is 2.30. The maximum absolute atomic E-state index is 13.2. The first-order chi connectivity index (χ1) is 12.2. The number of rotatable bonds is 5. The summed E-state index contributed by atoms with van der Waals surface area (Å²) in [6.07, 6.45) is -1.18. The quantitative estimate of drug-likeness (QED) is 0.805. The second-order valence-corrected chi connectivity index (χ2v) is 6.98. The fraction of sp³-hybridized carbons (Fsp3) is 0.300. The van der Waals surface area contributed by atoms with Crippen LogP contribution in [0.4, 0.5) is 4.39 Å². The lowest BCUT2D eigenvalue weighted by Crippen LogP contribution is -2.44. The summed E-state index contributed by atoms with van der Waals surface area (Å²) >= 11 is 0. The van der Waals surface area contributed by atoms with Gasteiger partial charge in [0.2, 0.25) is 6.10 Å². The number of ether oxygens (including phenoxy) is 1. The number of nitrogens with one attached hydrogen (secondary N) is 1. The molecule has 0 aliphatic heterocycles. The molecule has 2 rings (SSSR count). The predicted octanol–water partition coefficient (Wildman–Crippen LogP) is 3.10. The van der Waals surface area contributed by atoms with Crippen LogP contribution in [-0.2, 0) is 16.1 Å². The van der Waals surface area contributed by atoms with Crippen LogP contribution < -0.4 is 11.1 Å². The van der Waals surface area contributed by atoms with Crippen LogP contribution in [0, 0.1) is 5.82 Å². The summed E-state index contributed by atoms with van der Waals surface area (Å²) in [4.78, 5) is 25.1. The third-order valence-corrected chi connectivity index (χ3v) is 3.56. The van der Waals surface area contributed by atoms with Crippen molar-refractivity contribution in [2.24, 2.45) is 5.73 Å². The molecule has 0 fully saturated rings. The number of carbonyl (C=O) groups excluding carboxylic acids is 2. The lowest BCUT2D eigenvalue weighted by atomic mass is 10.0. The Labute approximate surface area is 152 Å². The highest BCUT2D eigenvalue weighted by atomic mass is 19.1. The van der Waals surface area contributed by atoms with E-state index in [1.165, 1.54) is 24.3 Å².